The van der Waals surface area contributed by atoms with Crippen molar-refractivity contribution in [1.82, 2.24) is 4.98 Å². The summed E-state index contributed by atoms with van der Waals surface area (Å²) in [6, 6.07) is 5.65. The molecule has 0 saturated carbocycles. The van der Waals surface area contributed by atoms with Crippen LogP contribution in [0.4, 0.5) is 0 Å². The summed E-state index contributed by atoms with van der Waals surface area (Å²) in [4.78, 5) is 14.7. The zero-order valence-electron chi connectivity index (χ0n) is 9.79. The van der Waals surface area contributed by atoms with Gasteiger partial charge in [-0.25, -0.2) is 0 Å². The Bertz CT molecular complexity index is 545. The Labute approximate surface area is 105 Å². The molecular weight excluding hydrogens is 238 g/mol. The van der Waals surface area contributed by atoms with Gasteiger partial charge in [-0.15, -0.1) is 11.6 Å². The number of hydrogen-bond donors (Lipinski definition) is 1. The number of carbonyl (C=O) groups excluding carboxylic acids is 1. The van der Waals surface area contributed by atoms with E-state index >= 15 is 0 Å². The van der Waals surface area contributed by atoms with Crippen molar-refractivity contribution in [2.24, 2.45) is 0 Å². The van der Waals surface area contributed by atoms with E-state index in [4.69, 9.17) is 16.3 Å². The molecule has 0 bridgehead atoms. The van der Waals surface area contributed by atoms with Crippen molar-refractivity contribution in [2.45, 2.75) is 20.0 Å². The number of fused-ring (bicyclic) bond motifs is 1. The van der Waals surface area contributed by atoms with Crippen molar-refractivity contribution >= 4 is 28.3 Å². The maximum atomic E-state index is 11.6. The highest BCUT2D eigenvalue weighted by atomic mass is 35.5. The zero-order chi connectivity index (χ0) is 12.4. The molecule has 0 unspecified atom stereocenters. The SMILES string of the molecule is CC(C)Oc1ccc2[nH]cc(C(=O)CCl)c2c1. The van der Waals surface area contributed by atoms with Crippen LogP contribution in [0.2, 0.25) is 0 Å². The summed E-state index contributed by atoms with van der Waals surface area (Å²) in [5, 5.41) is 0.855. The van der Waals surface area contributed by atoms with Gasteiger partial charge in [-0.3, -0.25) is 4.79 Å². The smallest absolute Gasteiger partial charge is 0.179 e. The van der Waals surface area contributed by atoms with Crippen molar-refractivity contribution in [3.8, 4) is 5.75 Å². The van der Waals surface area contributed by atoms with Crippen molar-refractivity contribution in [2.75, 3.05) is 5.88 Å². The van der Waals surface area contributed by atoms with E-state index in [1.54, 1.807) is 6.20 Å². The topological polar surface area (TPSA) is 42.1 Å². The maximum Gasteiger partial charge on any atom is 0.179 e. The largest absolute Gasteiger partial charge is 0.491 e. The average Bonchev–Trinajstić information content (AvgIpc) is 2.70. The molecule has 2 aromatic rings. The second-order valence-electron chi connectivity index (χ2n) is 4.13. The van der Waals surface area contributed by atoms with Crippen molar-refractivity contribution in [1.29, 1.82) is 0 Å². The van der Waals surface area contributed by atoms with E-state index < -0.39 is 0 Å². The molecule has 0 aliphatic carbocycles. The minimum atomic E-state index is -0.0837. The summed E-state index contributed by atoms with van der Waals surface area (Å²) >= 11 is 5.57. The lowest BCUT2D eigenvalue weighted by molar-refractivity contribution is 0.102. The first-order valence-electron chi connectivity index (χ1n) is 5.48. The molecule has 0 spiro atoms. The molecule has 17 heavy (non-hydrogen) atoms. The van der Waals surface area contributed by atoms with Gasteiger partial charge in [0.1, 0.15) is 5.75 Å². The Hall–Kier alpha value is -1.48. The highest BCUT2D eigenvalue weighted by Crippen LogP contribution is 2.24. The fraction of sp³-hybridized carbons (Fsp3) is 0.308. The van der Waals surface area contributed by atoms with Gasteiger partial charge in [-0.2, -0.15) is 0 Å². The third-order valence-electron chi connectivity index (χ3n) is 2.45. The van der Waals surface area contributed by atoms with Crippen LogP contribution in [-0.2, 0) is 0 Å². The van der Waals surface area contributed by atoms with Gasteiger partial charge in [-0.05, 0) is 32.0 Å². The molecule has 0 fully saturated rings. The van der Waals surface area contributed by atoms with Gasteiger partial charge < -0.3 is 9.72 Å². The summed E-state index contributed by atoms with van der Waals surface area (Å²) in [7, 11) is 0. The number of rotatable bonds is 4. The predicted octanol–water partition coefficient (Wildman–Crippen LogP) is 3.38. The molecule has 1 N–H and O–H groups in total. The molecule has 0 saturated heterocycles. The fourth-order valence-corrected chi connectivity index (χ4v) is 1.89. The fourth-order valence-electron chi connectivity index (χ4n) is 1.75. The van der Waals surface area contributed by atoms with E-state index in [2.05, 4.69) is 4.98 Å². The van der Waals surface area contributed by atoms with Crippen molar-refractivity contribution in [3.63, 3.8) is 0 Å². The van der Waals surface area contributed by atoms with E-state index in [0.717, 1.165) is 16.7 Å². The molecule has 0 atom stereocenters. The number of aromatic amines is 1. The van der Waals surface area contributed by atoms with Crippen LogP contribution in [0.15, 0.2) is 24.4 Å². The molecular formula is C13H14ClNO2. The second-order valence-corrected chi connectivity index (χ2v) is 4.40. The number of aromatic nitrogens is 1. The third-order valence-corrected chi connectivity index (χ3v) is 2.69. The average molecular weight is 252 g/mol. The van der Waals surface area contributed by atoms with Gasteiger partial charge in [0.2, 0.25) is 0 Å². The number of ether oxygens (including phenoxy) is 1. The van der Waals surface area contributed by atoms with E-state index in [1.165, 1.54) is 0 Å². The normalized spacial score (nSPS) is 11.1. The molecule has 0 aliphatic rings. The molecule has 0 amide bonds. The number of Topliss-reactive ketones (excluding diaryl/α,β-unsaturated/α-hetero) is 1. The predicted molar refractivity (Wildman–Crippen MR) is 69.1 cm³/mol. The van der Waals surface area contributed by atoms with Crippen LogP contribution < -0.4 is 4.74 Å². The Kier molecular flexibility index (Phi) is 3.38. The Morgan fingerprint density at radius 2 is 2.24 bits per heavy atom. The first-order chi connectivity index (χ1) is 8.11. The molecule has 4 heteroatoms. The zero-order valence-corrected chi connectivity index (χ0v) is 10.5. The van der Waals surface area contributed by atoms with Crippen molar-refractivity contribution < 1.29 is 9.53 Å². The number of nitrogens with one attached hydrogen (secondary N) is 1. The van der Waals surface area contributed by atoms with E-state index in [9.17, 15) is 4.79 Å². The van der Waals surface area contributed by atoms with Gasteiger partial charge in [-0.1, -0.05) is 0 Å². The molecule has 0 radical (unpaired) electrons. The van der Waals surface area contributed by atoms with Crippen LogP contribution in [0, 0.1) is 0 Å². The van der Waals surface area contributed by atoms with Crippen LogP contribution in [0.5, 0.6) is 5.75 Å². The van der Waals surface area contributed by atoms with Crippen LogP contribution in [-0.4, -0.2) is 22.8 Å². The lowest BCUT2D eigenvalue weighted by Gasteiger charge is -2.09. The molecule has 90 valence electrons. The lowest BCUT2D eigenvalue weighted by atomic mass is 10.1. The van der Waals surface area contributed by atoms with Gasteiger partial charge in [0.15, 0.2) is 5.78 Å². The number of halogens is 1. The number of alkyl halides is 1. The number of benzene rings is 1. The highest BCUT2D eigenvalue weighted by molar-refractivity contribution is 6.32. The van der Waals surface area contributed by atoms with Gasteiger partial charge in [0.05, 0.1) is 12.0 Å². The minimum absolute atomic E-state index is 0.0117. The molecule has 3 nitrogen and oxygen atoms in total. The number of hydrogen-bond acceptors (Lipinski definition) is 2. The van der Waals surface area contributed by atoms with Crippen LogP contribution >= 0.6 is 11.6 Å². The molecule has 1 aromatic heterocycles. The summed E-state index contributed by atoms with van der Waals surface area (Å²) in [5.74, 6) is 0.665. The quantitative estimate of drug-likeness (QED) is 0.669. The molecule has 0 aliphatic heterocycles. The minimum Gasteiger partial charge on any atom is -0.491 e. The summed E-state index contributed by atoms with van der Waals surface area (Å²) in [6.07, 6.45) is 1.80. The molecule has 1 aromatic carbocycles. The van der Waals surface area contributed by atoms with Gasteiger partial charge in [0.25, 0.3) is 0 Å². The first-order valence-corrected chi connectivity index (χ1v) is 6.02. The lowest BCUT2D eigenvalue weighted by Crippen LogP contribution is -2.05. The van der Waals surface area contributed by atoms with E-state index in [1.807, 2.05) is 32.0 Å². The maximum absolute atomic E-state index is 11.6. The van der Waals surface area contributed by atoms with Gasteiger partial charge in [0, 0.05) is 22.7 Å². The number of carbonyl (C=O) groups is 1. The van der Waals surface area contributed by atoms with E-state index in [-0.39, 0.29) is 17.8 Å². The third kappa shape index (κ3) is 2.44. The number of ketones is 1. The van der Waals surface area contributed by atoms with Crippen molar-refractivity contribution in [3.05, 3.63) is 30.0 Å². The van der Waals surface area contributed by atoms with Crippen LogP contribution in [0.3, 0.4) is 0 Å². The Balaban J connectivity index is 2.46. The highest BCUT2D eigenvalue weighted by Gasteiger charge is 2.11. The molecule has 1 heterocycles. The first kappa shape index (κ1) is 12.0. The van der Waals surface area contributed by atoms with Gasteiger partial charge >= 0.3 is 0 Å². The Morgan fingerprint density at radius 1 is 1.47 bits per heavy atom. The van der Waals surface area contributed by atoms with Crippen LogP contribution in [0.1, 0.15) is 24.2 Å². The number of H-pyrrole nitrogens is 1. The second kappa shape index (κ2) is 4.80. The Morgan fingerprint density at radius 3 is 2.88 bits per heavy atom. The summed E-state index contributed by atoms with van der Waals surface area (Å²) < 4.78 is 5.60. The van der Waals surface area contributed by atoms with E-state index in [0.29, 0.717) is 5.56 Å². The standard InChI is InChI=1S/C13H14ClNO2/c1-8(2)17-9-3-4-12-10(5-9)11(7-15-12)13(16)6-14/h3-5,7-8,15H,6H2,1-2H3. The summed E-state index contributed by atoms with van der Waals surface area (Å²) in [6.45, 7) is 3.93. The summed E-state index contributed by atoms with van der Waals surface area (Å²) in [5.41, 5.74) is 1.53. The monoisotopic (exact) mass is 251 g/mol. The van der Waals surface area contributed by atoms with Crippen LogP contribution in [0.25, 0.3) is 10.9 Å². The molecule has 2 rings (SSSR count).